The Balaban J connectivity index is 2.01. The summed E-state index contributed by atoms with van der Waals surface area (Å²) in [6, 6.07) is 10.0. The summed E-state index contributed by atoms with van der Waals surface area (Å²) in [6.07, 6.45) is 2.41. The van der Waals surface area contributed by atoms with Crippen LogP contribution in [0, 0.1) is 5.82 Å². The lowest BCUT2D eigenvalue weighted by atomic mass is 10.2. The van der Waals surface area contributed by atoms with Crippen LogP contribution >= 0.6 is 23.2 Å². The lowest BCUT2D eigenvalue weighted by molar-refractivity contribution is -0.143. The number of hydrogen-bond donors (Lipinski definition) is 1. The van der Waals surface area contributed by atoms with Crippen molar-refractivity contribution in [1.29, 1.82) is 0 Å². The molecule has 0 fully saturated rings. The first-order valence-corrected chi connectivity index (χ1v) is 9.16. The summed E-state index contributed by atoms with van der Waals surface area (Å²) in [4.78, 5) is 36.6. The molecule has 0 saturated heterocycles. The van der Waals surface area contributed by atoms with Crippen molar-refractivity contribution in [3.63, 3.8) is 0 Å². The molecule has 0 atom stereocenters. The van der Waals surface area contributed by atoms with E-state index in [4.69, 9.17) is 33.7 Å². The fourth-order valence-corrected chi connectivity index (χ4v) is 2.68. The molecule has 0 unspecified atom stereocenters. The quantitative estimate of drug-likeness (QED) is 0.503. The second kappa shape index (κ2) is 10.6. The van der Waals surface area contributed by atoms with Gasteiger partial charge in [0.25, 0.3) is 5.91 Å². The molecular formula is C20H17Cl2FN2O4. The van der Waals surface area contributed by atoms with Crippen molar-refractivity contribution >= 4 is 52.7 Å². The van der Waals surface area contributed by atoms with Gasteiger partial charge < -0.3 is 15.4 Å². The van der Waals surface area contributed by atoms with Crippen LogP contribution in [0.1, 0.15) is 12.0 Å². The number of benzene rings is 2. The Morgan fingerprint density at radius 2 is 1.79 bits per heavy atom. The summed E-state index contributed by atoms with van der Waals surface area (Å²) in [5, 5.41) is 0.616. The minimum Gasteiger partial charge on any atom is -0.452 e. The van der Waals surface area contributed by atoms with Gasteiger partial charge in [0, 0.05) is 24.7 Å². The smallest absolute Gasteiger partial charge is 0.331 e. The molecule has 9 heteroatoms. The molecule has 0 aliphatic heterocycles. The summed E-state index contributed by atoms with van der Waals surface area (Å²) < 4.78 is 18.1. The molecular weight excluding hydrogens is 422 g/mol. The number of nitrogens with two attached hydrogens (primary N) is 1. The average Bonchev–Trinajstić information content (AvgIpc) is 2.68. The molecule has 2 N–H and O–H groups in total. The summed E-state index contributed by atoms with van der Waals surface area (Å²) >= 11 is 11.9. The third kappa shape index (κ3) is 6.89. The molecule has 0 aliphatic rings. The summed E-state index contributed by atoms with van der Waals surface area (Å²) in [5.74, 6) is -2.46. The van der Waals surface area contributed by atoms with Crippen LogP contribution in [0.15, 0.2) is 48.5 Å². The van der Waals surface area contributed by atoms with Crippen LogP contribution in [-0.2, 0) is 19.1 Å². The van der Waals surface area contributed by atoms with Gasteiger partial charge in [0.05, 0.1) is 10.0 Å². The number of halogens is 3. The maximum Gasteiger partial charge on any atom is 0.331 e. The van der Waals surface area contributed by atoms with Crippen LogP contribution in [0.3, 0.4) is 0 Å². The number of primary amides is 1. The summed E-state index contributed by atoms with van der Waals surface area (Å²) in [5.41, 5.74) is 5.98. The molecule has 0 heterocycles. The Bertz CT molecular complexity index is 933. The number of carbonyl (C=O) groups excluding carboxylic acids is 3. The standard InChI is InChI=1S/C20H17Cl2FN2O4/c21-16-3-1-2-13(20(16)22)4-9-19(28)29-12-18(27)25(11-10-17(24)26)15-7-5-14(23)6-8-15/h1-9H,10-12H2,(H2,24,26)/b9-4+. The molecule has 2 rings (SSSR count). The molecule has 0 radical (unpaired) electrons. The first-order valence-electron chi connectivity index (χ1n) is 8.41. The van der Waals surface area contributed by atoms with Gasteiger partial charge in [-0.2, -0.15) is 0 Å². The second-order valence-electron chi connectivity index (χ2n) is 5.82. The van der Waals surface area contributed by atoms with Crippen LogP contribution in [-0.4, -0.2) is 30.9 Å². The molecule has 0 saturated carbocycles. The number of anilines is 1. The zero-order valence-electron chi connectivity index (χ0n) is 15.1. The van der Waals surface area contributed by atoms with Crippen LogP contribution in [0.4, 0.5) is 10.1 Å². The molecule has 0 spiro atoms. The predicted octanol–water partition coefficient (Wildman–Crippen LogP) is 3.60. The fourth-order valence-electron chi connectivity index (χ4n) is 2.31. The Morgan fingerprint density at radius 1 is 1.10 bits per heavy atom. The van der Waals surface area contributed by atoms with Gasteiger partial charge in [-0.3, -0.25) is 9.59 Å². The Hall–Kier alpha value is -2.90. The lowest BCUT2D eigenvalue weighted by Crippen LogP contribution is -2.37. The Kier molecular flexibility index (Phi) is 8.18. The molecule has 0 aromatic heterocycles. The molecule has 6 nitrogen and oxygen atoms in total. The van der Waals surface area contributed by atoms with Gasteiger partial charge in [0.1, 0.15) is 5.82 Å². The van der Waals surface area contributed by atoms with Crippen LogP contribution in [0.5, 0.6) is 0 Å². The van der Waals surface area contributed by atoms with Crippen LogP contribution in [0.25, 0.3) is 6.08 Å². The number of hydrogen-bond acceptors (Lipinski definition) is 4. The van der Waals surface area contributed by atoms with Gasteiger partial charge in [-0.05, 0) is 42.0 Å². The highest BCUT2D eigenvalue weighted by Crippen LogP contribution is 2.26. The van der Waals surface area contributed by atoms with Gasteiger partial charge in [-0.25, -0.2) is 9.18 Å². The zero-order chi connectivity index (χ0) is 21.4. The molecule has 152 valence electrons. The Labute approximate surface area is 176 Å². The van der Waals surface area contributed by atoms with E-state index in [0.29, 0.717) is 16.3 Å². The van der Waals surface area contributed by atoms with Gasteiger partial charge in [0.15, 0.2) is 6.61 Å². The number of esters is 1. The maximum atomic E-state index is 13.1. The van der Waals surface area contributed by atoms with Crippen molar-refractivity contribution in [2.24, 2.45) is 5.73 Å². The van der Waals surface area contributed by atoms with E-state index in [2.05, 4.69) is 0 Å². The van der Waals surface area contributed by atoms with Crippen molar-refractivity contribution in [3.05, 3.63) is 70.0 Å². The molecule has 0 aliphatic carbocycles. The fraction of sp³-hybridized carbons (Fsp3) is 0.150. The molecule has 0 bridgehead atoms. The first-order chi connectivity index (χ1) is 13.8. The van der Waals surface area contributed by atoms with Gasteiger partial charge >= 0.3 is 5.97 Å². The van der Waals surface area contributed by atoms with E-state index >= 15 is 0 Å². The number of carbonyl (C=O) groups is 3. The first kappa shape index (κ1) is 22.4. The predicted molar refractivity (Wildman–Crippen MR) is 109 cm³/mol. The molecule has 29 heavy (non-hydrogen) atoms. The number of nitrogens with zero attached hydrogens (tertiary/aromatic N) is 1. The topological polar surface area (TPSA) is 89.7 Å². The largest absolute Gasteiger partial charge is 0.452 e. The normalized spacial score (nSPS) is 10.7. The van der Waals surface area contributed by atoms with Crippen LogP contribution in [0.2, 0.25) is 10.0 Å². The second-order valence-corrected chi connectivity index (χ2v) is 6.61. The van der Waals surface area contributed by atoms with E-state index in [1.165, 1.54) is 35.2 Å². The third-order valence-corrected chi connectivity index (χ3v) is 4.57. The van der Waals surface area contributed by atoms with Gasteiger partial charge in [-0.1, -0.05) is 35.3 Å². The highest BCUT2D eigenvalue weighted by atomic mass is 35.5. The van der Waals surface area contributed by atoms with E-state index in [1.807, 2.05) is 0 Å². The SMILES string of the molecule is NC(=O)CCN(C(=O)COC(=O)/C=C/c1cccc(Cl)c1Cl)c1ccc(F)cc1. The lowest BCUT2D eigenvalue weighted by Gasteiger charge is -2.22. The highest BCUT2D eigenvalue weighted by Gasteiger charge is 2.18. The zero-order valence-corrected chi connectivity index (χ0v) is 16.6. The maximum absolute atomic E-state index is 13.1. The van der Waals surface area contributed by atoms with Crippen molar-refractivity contribution in [2.75, 3.05) is 18.1 Å². The minimum atomic E-state index is -0.775. The van der Waals surface area contributed by atoms with Gasteiger partial charge in [0.2, 0.25) is 5.91 Å². The number of amides is 2. The van der Waals surface area contributed by atoms with Crippen molar-refractivity contribution in [3.8, 4) is 0 Å². The van der Waals surface area contributed by atoms with E-state index in [1.54, 1.807) is 18.2 Å². The molecule has 2 aromatic rings. The van der Waals surface area contributed by atoms with Crippen molar-refractivity contribution in [2.45, 2.75) is 6.42 Å². The average molecular weight is 439 g/mol. The van der Waals surface area contributed by atoms with E-state index in [-0.39, 0.29) is 18.0 Å². The summed E-state index contributed by atoms with van der Waals surface area (Å²) in [7, 11) is 0. The van der Waals surface area contributed by atoms with Gasteiger partial charge in [-0.15, -0.1) is 0 Å². The minimum absolute atomic E-state index is 0.0364. The van der Waals surface area contributed by atoms with E-state index in [9.17, 15) is 18.8 Å². The van der Waals surface area contributed by atoms with E-state index in [0.717, 1.165) is 6.08 Å². The van der Waals surface area contributed by atoms with Crippen LogP contribution < -0.4 is 10.6 Å². The monoisotopic (exact) mass is 438 g/mol. The van der Waals surface area contributed by atoms with Crippen molar-refractivity contribution in [1.82, 2.24) is 0 Å². The molecule has 2 aromatic carbocycles. The Morgan fingerprint density at radius 3 is 2.45 bits per heavy atom. The summed E-state index contributed by atoms with van der Waals surface area (Å²) in [6.45, 7) is -0.617. The van der Waals surface area contributed by atoms with Crippen molar-refractivity contribution < 1.29 is 23.5 Å². The third-order valence-electron chi connectivity index (χ3n) is 3.74. The number of rotatable bonds is 8. The molecule has 2 amide bonds. The van der Waals surface area contributed by atoms with E-state index < -0.39 is 30.2 Å². The number of ether oxygens (including phenoxy) is 1. The highest BCUT2D eigenvalue weighted by molar-refractivity contribution is 6.42.